The average molecular weight is 277 g/mol. The molecule has 1 aromatic rings. The summed E-state index contributed by atoms with van der Waals surface area (Å²) in [6, 6.07) is 7.77. The summed E-state index contributed by atoms with van der Waals surface area (Å²) in [6.45, 7) is 2.93. The van der Waals surface area contributed by atoms with Gasteiger partial charge in [0, 0.05) is 5.54 Å². The van der Waals surface area contributed by atoms with Gasteiger partial charge in [-0.25, -0.2) is 0 Å². The molecule has 3 heteroatoms. The van der Waals surface area contributed by atoms with E-state index >= 15 is 0 Å². The summed E-state index contributed by atoms with van der Waals surface area (Å²) in [6.07, 6.45) is 7.01. The van der Waals surface area contributed by atoms with Gasteiger partial charge in [-0.3, -0.25) is 0 Å². The van der Waals surface area contributed by atoms with Gasteiger partial charge in [0.2, 0.25) is 0 Å². The number of para-hydroxylation sites is 2. The summed E-state index contributed by atoms with van der Waals surface area (Å²) < 4.78 is 11.2. The van der Waals surface area contributed by atoms with Gasteiger partial charge in [-0.1, -0.05) is 38.3 Å². The molecule has 0 bridgehead atoms. The molecule has 3 nitrogen and oxygen atoms in total. The molecule has 0 aliphatic heterocycles. The minimum Gasteiger partial charge on any atom is -0.493 e. The first kappa shape index (κ1) is 15.2. The second-order valence-electron chi connectivity index (χ2n) is 5.98. The van der Waals surface area contributed by atoms with E-state index < -0.39 is 0 Å². The van der Waals surface area contributed by atoms with Crippen LogP contribution in [0.4, 0.5) is 0 Å². The Hall–Kier alpha value is -1.22. The fraction of sp³-hybridized carbons (Fsp3) is 0.647. The molecule has 2 unspecified atom stereocenters. The predicted molar refractivity (Wildman–Crippen MR) is 82.3 cm³/mol. The number of hydrogen-bond acceptors (Lipinski definition) is 3. The Morgan fingerprint density at radius 3 is 2.75 bits per heavy atom. The molecule has 2 atom stereocenters. The third-order valence-electron chi connectivity index (χ3n) is 4.49. The first-order chi connectivity index (χ1) is 9.67. The van der Waals surface area contributed by atoms with Gasteiger partial charge in [-0.05, 0) is 37.3 Å². The summed E-state index contributed by atoms with van der Waals surface area (Å²) in [4.78, 5) is 0. The van der Waals surface area contributed by atoms with Crippen molar-refractivity contribution in [3.05, 3.63) is 24.3 Å². The number of benzene rings is 1. The fourth-order valence-corrected chi connectivity index (χ4v) is 3.20. The van der Waals surface area contributed by atoms with Gasteiger partial charge in [0.15, 0.2) is 11.5 Å². The lowest BCUT2D eigenvalue weighted by Gasteiger charge is -2.37. The van der Waals surface area contributed by atoms with Gasteiger partial charge in [0.1, 0.15) is 0 Å². The average Bonchev–Trinajstić information content (AvgIpc) is 2.47. The highest BCUT2D eigenvalue weighted by atomic mass is 16.5. The van der Waals surface area contributed by atoms with E-state index in [0.29, 0.717) is 6.61 Å². The molecule has 1 saturated carbocycles. The van der Waals surface area contributed by atoms with E-state index in [4.69, 9.17) is 15.2 Å². The van der Waals surface area contributed by atoms with Crippen molar-refractivity contribution in [3.63, 3.8) is 0 Å². The number of rotatable bonds is 6. The maximum absolute atomic E-state index is 6.55. The van der Waals surface area contributed by atoms with Crippen molar-refractivity contribution in [2.45, 2.75) is 51.0 Å². The Kier molecular flexibility index (Phi) is 5.30. The standard InChI is InChI=1S/C17H27NO2/c1-3-14-7-6-10-17(18,13-14)11-12-20-16-9-5-4-8-15(16)19-2/h4-5,8-9,14H,3,6-7,10-13,18H2,1-2H3. The number of methoxy groups -OCH3 is 1. The van der Waals surface area contributed by atoms with Crippen molar-refractivity contribution in [1.29, 1.82) is 0 Å². The van der Waals surface area contributed by atoms with Crippen LogP contribution in [0.3, 0.4) is 0 Å². The lowest BCUT2D eigenvalue weighted by Crippen LogP contribution is -2.45. The zero-order valence-corrected chi connectivity index (χ0v) is 12.7. The highest BCUT2D eigenvalue weighted by Crippen LogP contribution is 2.35. The van der Waals surface area contributed by atoms with Crippen LogP contribution in [0.15, 0.2) is 24.3 Å². The van der Waals surface area contributed by atoms with Gasteiger partial charge >= 0.3 is 0 Å². The molecule has 2 N–H and O–H groups in total. The SMILES string of the molecule is CCC1CCCC(N)(CCOc2ccccc2OC)C1. The van der Waals surface area contributed by atoms with Gasteiger partial charge in [0.25, 0.3) is 0 Å². The third-order valence-corrected chi connectivity index (χ3v) is 4.49. The summed E-state index contributed by atoms with van der Waals surface area (Å²) in [5, 5.41) is 0. The molecule has 0 spiro atoms. The van der Waals surface area contributed by atoms with Crippen molar-refractivity contribution < 1.29 is 9.47 Å². The molecule has 0 heterocycles. The van der Waals surface area contributed by atoms with Crippen LogP contribution in [0.25, 0.3) is 0 Å². The molecule has 0 amide bonds. The molecule has 112 valence electrons. The molecule has 0 aromatic heterocycles. The fourth-order valence-electron chi connectivity index (χ4n) is 3.20. The first-order valence-electron chi connectivity index (χ1n) is 7.71. The number of hydrogen-bond donors (Lipinski definition) is 1. The van der Waals surface area contributed by atoms with Crippen LogP contribution in [-0.2, 0) is 0 Å². The Morgan fingerprint density at radius 2 is 2.05 bits per heavy atom. The summed E-state index contributed by atoms with van der Waals surface area (Å²) in [5.74, 6) is 2.38. The van der Waals surface area contributed by atoms with Gasteiger partial charge in [-0.2, -0.15) is 0 Å². The van der Waals surface area contributed by atoms with Crippen LogP contribution in [0, 0.1) is 5.92 Å². The topological polar surface area (TPSA) is 44.5 Å². The van der Waals surface area contributed by atoms with Crippen molar-refractivity contribution in [2.75, 3.05) is 13.7 Å². The molecule has 0 radical (unpaired) electrons. The first-order valence-corrected chi connectivity index (χ1v) is 7.71. The molecular formula is C17H27NO2. The molecular weight excluding hydrogens is 250 g/mol. The van der Waals surface area contributed by atoms with E-state index in [1.54, 1.807) is 7.11 Å². The van der Waals surface area contributed by atoms with E-state index in [1.807, 2.05) is 24.3 Å². The minimum absolute atomic E-state index is 0.0407. The quantitative estimate of drug-likeness (QED) is 0.861. The van der Waals surface area contributed by atoms with Crippen LogP contribution >= 0.6 is 0 Å². The smallest absolute Gasteiger partial charge is 0.161 e. The second kappa shape index (κ2) is 6.98. The minimum atomic E-state index is -0.0407. The van der Waals surface area contributed by atoms with Crippen molar-refractivity contribution in [3.8, 4) is 11.5 Å². The normalized spacial score (nSPS) is 26.2. The molecule has 1 aliphatic rings. The Labute approximate surface area is 122 Å². The third kappa shape index (κ3) is 3.89. The maximum Gasteiger partial charge on any atom is 0.161 e. The monoisotopic (exact) mass is 277 g/mol. The largest absolute Gasteiger partial charge is 0.493 e. The molecule has 0 saturated heterocycles. The molecule has 1 aromatic carbocycles. The zero-order chi connectivity index (χ0) is 14.4. The summed E-state index contributed by atoms with van der Waals surface area (Å²) >= 11 is 0. The maximum atomic E-state index is 6.55. The summed E-state index contributed by atoms with van der Waals surface area (Å²) in [7, 11) is 1.67. The molecule has 2 rings (SSSR count). The lowest BCUT2D eigenvalue weighted by atomic mass is 9.74. The summed E-state index contributed by atoms with van der Waals surface area (Å²) in [5.41, 5.74) is 6.51. The van der Waals surface area contributed by atoms with E-state index in [9.17, 15) is 0 Å². The molecule has 20 heavy (non-hydrogen) atoms. The van der Waals surface area contributed by atoms with E-state index in [2.05, 4.69) is 6.92 Å². The predicted octanol–water partition coefficient (Wildman–Crippen LogP) is 3.76. The second-order valence-corrected chi connectivity index (χ2v) is 5.98. The van der Waals surface area contributed by atoms with E-state index in [-0.39, 0.29) is 5.54 Å². The van der Waals surface area contributed by atoms with E-state index in [1.165, 1.54) is 19.3 Å². The van der Waals surface area contributed by atoms with Gasteiger partial charge in [-0.15, -0.1) is 0 Å². The Bertz CT molecular complexity index is 421. The Morgan fingerprint density at radius 1 is 1.30 bits per heavy atom. The van der Waals surface area contributed by atoms with Crippen LogP contribution in [0.1, 0.15) is 45.4 Å². The molecule has 1 aliphatic carbocycles. The van der Waals surface area contributed by atoms with Gasteiger partial charge in [0.05, 0.1) is 13.7 Å². The lowest BCUT2D eigenvalue weighted by molar-refractivity contribution is 0.173. The number of ether oxygens (including phenoxy) is 2. The molecule has 1 fully saturated rings. The highest BCUT2D eigenvalue weighted by Gasteiger charge is 2.31. The van der Waals surface area contributed by atoms with Gasteiger partial charge < -0.3 is 15.2 Å². The van der Waals surface area contributed by atoms with Crippen LogP contribution in [0.5, 0.6) is 11.5 Å². The van der Waals surface area contributed by atoms with E-state index in [0.717, 1.165) is 36.7 Å². The van der Waals surface area contributed by atoms with Crippen molar-refractivity contribution in [2.24, 2.45) is 11.7 Å². The highest BCUT2D eigenvalue weighted by molar-refractivity contribution is 5.39. The number of nitrogens with two attached hydrogens (primary N) is 1. The van der Waals surface area contributed by atoms with Crippen LogP contribution < -0.4 is 15.2 Å². The van der Waals surface area contributed by atoms with Crippen LogP contribution in [0.2, 0.25) is 0 Å². The zero-order valence-electron chi connectivity index (χ0n) is 12.7. The van der Waals surface area contributed by atoms with Crippen LogP contribution in [-0.4, -0.2) is 19.3 Å². The van der Waals surface area contributed by atoms with Crippen molar-refractivity contribution >= 4 is 0 Å². The van der Waals surface area contributed by atoms with Crippen molar-refractivity contribution in [1.82, 2.24) is 0 Å². The Balaban J connectivity index is 1.85.